The summed E-state index contributed by atoms with van der Waals surface area (Å²) in [5, 5.41) is 9.09. The second kappa shape index (κ2) is 9.09. The number of nitrogens with zero attached hydrogens (tertiary/aromatic N) is 6. The summed E-state index contributed by atoms with van der Waals surface area (Å²) in [6.45, 7) is 1.60. The number of carbonyl (C=O) groups excluding carboxylic acids is 1. The van der Waals surface area contributed by atoms with Gasteiger partial charge in [-0.25, -0.2) is 9.97 Å². The Morgan fingerprint density at radius 1 is 1.24 bits per heavy atom. The lowest BCUT2D eigenvalue weighted by Gasteiger charge is -2.27. The smallest absolute Gasteiger partial charge is 0.225 e. The van der Waals surface area contributed by atoms with Crippen LogP contribution in [0.25, 0.3) is 20.4 Å². The molecule has 0 bridgehead atoms. The van der Waals surface area contributed by atoms with Gasteiger partial charge in [0.15, 0.2) is 0 Å². The molecule has 3 heterocycles. The molecule has 33 heavy (non-hydrogen) atoms. The van der Waals surface area contributed by atoms with E-state index in [4.69, 9.17) is 11.6 Å². The van der Waals surface area contributed by atoms with Gasteiger partial charge >= 0.3 is 0 Å². The number of amides is 1. The zero-order valence-electron chi connectivity index (χ0n) is 18.6. The molecule has 172 valence electrons. The van der Waals surface area contributed by atoms with Crippen molar-refractivity contribution in [2.75, 3.05) is 39.5 Å². The Balaban J connectivity index is 1.42. The highest BCUT2D eigenvalue weighted by molar-refractivity contribution is 7.19. The summed E-state index contributed by atoms with van der Waals surface area (Å²) in [5.74, 6) is 0.976. The predicted octanol–water partition coefficient (Wildman–Crippen LogP) is 4.22. The average molecular weight is 502 g/mol. The van der Waals surface area contributed by atoms with Gasteiger partial charge in [-0.3, -0.25) is 4.79 Å². The third-order valence-corrected chi connectivity index (χ3v) is 8.20. The van der Waals surface area contributed by atoms with Gasteiger partial charge < -0.3 is 15.1 Å². The number of rotatable bonds is 6. The van der Waals surface area contributed by atoms with E-state index in [1.54, 1.807) is 17.7 Å². The van der Waals surface area contributed by atoms with Crippen molar-refractivity contribution in [3.63, 3.8) is 0 Å². The Labute approximate surface area is 204 Å². The van der Waals surface area contributed by atoms with Crippen LogP contribution in [0.4, 0.5) is 11.5 Å². The average Bonchev–Trinajstić information content (AvgIpc) is 3.40. The summed E-state index contributed by atoms with van der Waals surface area (Å²) in [6, 6.07) is 3.76. The van der Waals surface area contributed by atoms with Gasteiger partial charge in [0.05, 0.1) is 20.8 Å². The van der Waals surface area contributed by atoms with Crippen molar-refractivity contribution in [1.82, 2.24) is 29.4 Å². The Kier molecular flexibility index (Phi) is 6.17. The highest BCUT2D eigenvalue weighted by atomic mass is 35.5. The molecule has 0 spiro atoms. The first-order valence-electron chi connectivity index (χ1n) is 10.7. The van der Waals surface area contributed by atoms with Gasteiger partial charge in [0.2, 0.25) is 5.91 Å². The zero-order valence-corrected chi connectivity index (χ0v) is 21.0. The van der Waals surface area contributed by atoms with E-state index in [0.29, 0.717) is 5.02 Å². The lowest BCUT2D eigenvalue weighted by atomic mass is 9.87. The summed E-state index contributed by atoms with van der Waals surface area (Å²) < 4.78 is 4.95. The van der Waals surface area contributed by atoms with E-state index in [1.807, 2.05) is 38.2 Å². The number of hydrogen-bond donors (Lipinski definition) is 1. The minimum absolute atomic E-state index is 0.0118. The van der Waals surface area contributed by atoms with Crippen LogP contribution in [0.1, 0.15) is 16.9 Å². The molecule has 1 N–H and O–H groups in total. The molecule has 1 aromatic carbocycles. The van der Waals surface area contributed by atoms with Crippen LogP contribution < -0.4 is 5.32 Å². The molecule has 0 fully saturated rings. The zero-order chi connectivity index (χ0) is 23.1. The first-order chi connectivity index (χ1) is 15.9. The molecule has 0 saturated carbocycles. The Morgan fingerprint density at radius 3 is 2.91 bits per heavy atom. The molecule has 0 unspecified atom stereocenters. The minimum Gasteiger partial charge on any atom is -0.344 e. The molecular weight excluding hydrogens is 478 g/mol. The van der Waals surface area contributed by atoms with Crippen LogP contribution in [0.5, 0.6) is 0 Å². The van der Waals surface area contributed by atoms with Crippen LogP contribution in [0.3, 0.4) is 0 Å². The standard InChI is InChI=1S/C22H24ClN7OS2/c1-29(2)6-7-30(3)22(31)12-4-5-13-17(8-12)32-21-19(13)20(24-11-25-21)26-15-10-18-16(9-14(15)23)27-28-33-18/h9-12H,4-8H2,1-3H3,(H,24,25,26)/t12-/m0/s1. The summed E-state index contributed by atoms with van der Waals surface area (Å²) in [7, 11) is 5.95. The minimum atomic E-state index is 0.0118. The highest BCUT2D eigenvalue weighted by Gasteiger charge is 2.30. The quantitative estimate of drug-likeness (QED) is 0.423. The van der Waals surface area contributed by atoms with Gasteiger partial charge in [-0.1, -0.05) is 16.1 Å². The van der Waals surface area contributed by atoms with Crippen LogP contribution in [0.15, 0.2) is 18.5 Å². The number of aromatic nitrogens is 4. The van der Waals surface area contributed by atoms with Crippen molar-refractivity contribution in [2.24, 2.45) is 5.92 Å². The van der Waals surface area contributed by atoms with Crippen molar-refractivity contribution >= 4 is 72.3 Å². The van der Waals surface area contributed by atoms with Crippen molar-refractivity contribution < 1.29 is 4.79 Å². The SMILES string of the molecule is CN(C)CCN(C)C(=O)[C@H]1CCc2c(sc3ncnc(Nc4cc5snnc5cc4Cl)c23)C1. The molecule has 1 amide bonds. The largest absolute Gasteiger partial charge is 0.344 e. The second-order valence-electron chi connectivity index (χ2n) is 8.61. The molecule has 0 aliphatic heterocycles. The normalized spacial score (nSPS) is 15.8. The summed E-state index contributed by atoms with van der Waals surface area (Å²) in [5.41, 5.74) is 2.79. The van der Waals surface area contributed by atoms with E-state index in [2.05, 4.69) is 29.8 Å². The monoisotopic (exact) mass is 501 g/mol. The number of benzene rings is 1. The van der Waals surface area contributed by atoms with Gasteiger partial charge in [0.25, 0.3) is 0 Å². The number of nitrogens with one attached hydrogen (secondary N) is 1. The van der Waals surface area contributed by atoms with E-state index in [1.165, 1.54) is 22.0 Å². The lowest BCUT2D eigenvalue weighted by molar-refractivity contribution is -0.134. The predicted molar refractivity (Wildman–Crippen MR) is 135 cm³/mol. The molecular formula is C22H24ClN7OS2. The van der Waals surface area contributed by atoms with Crippen LogP contribution in [0.2, 0.25) is 5.02 Å². The van der Waals surface area contributed by atoms with Crippen LogP contribution in [-0.4, -0.2) is 69.5 Å². The maximum atomic E-state index is 13.0. The molecule has 0 saturated heterocycles. The number of likely N-dealkylation sites (N-methyl/N-ethyl adjacent to an activating group) is 2. The molecule has 4 aromatic rings. The van der Waals surface area contributed by atoms with E-state index in [-0.39, 0.29) is 11.8 Å². The Hall–Kier alpha value is -2.40. The molecule has 11 heteroatoms. The summed E-state index contributed by atoms with van der Waals surface area (Å²) in [6.07, 6.45) is 3.99. The fourth-order valence-corrected chi connectivity index (χ4v) is 6.27. The molecule has 1 atom stereocenters. The van der Waals surface area contributed by atoms with E-state index in [0.717, 1.165) is 64.3 Å². The molecule has 0 radical (unpaired) electrons. The van der Waals surface area contributed by atoms with E-state index >= 15 is 0 Å². The van der Waals surface area contributed by atoms with Gasteiger partial charge in [0, 0.05) is 30.9 Å². The van der Waals surface area contributed by atoms with Crippen molar-refractivity contribution in [2.45, 2.75) is 19.3 Å². The maximum Gasteiger partial charge on any atom is 0.225 e. The number of hydrogen-bond acceptors (Lipinski definition) is 9. The number of anilines is 2. The fraction of sp³-hybridized carbons (Fsp3) is 0.409. The van der Waals surface area contributed by atoms with Crippen molar-refractivity contribution in [3.8, 4) is 0 Å². The van der Waals surface area contributed by atoms with E-state index < -0.39 is 0 Å². The Morgan fingerprint density at radius 2 is 2.09 bits per heavy atom. The summed E-state index contributed by atoms with van der Waals surface area (Å²) >= 11 is 9.49. The van der Waals surface area contributed by atoms with Crippen LogP contribution >= 0.6 is 34.5 Å². The van der Waals surface area contributed by atoms with Crippen molar-refractivity contribution in [1.29, 1.82) is 0 Å². The number of carbonyl (C=O) groups is 1. The topological polar surface area (TPSA) is 87.1 Å². The molecule has 8 nitrogen and oxygen atoms in total. The van der Waals surface area contributed by atoms with Gasteiger partial charge in [-0.2, -0.15) is 0 Å². The number of aryl methyl sites for hydroxylation is 1. The molecule has 5 rings (SSSR count). The third kappa shape index (κ3) is 4.40. The lowest BCUT2D eigenvalue weighted by Crippen LogP contribution is -2.39. The first-order valence-corrected chi connectivity index (χ1v) is 12.7. The first kappa shape index (κ1) is 22.4. The van der Waals surface area contributed by atoms with E-state index in [9.17, 15) is 4.79 Å². The number of halogens is 1. The maximum absolute atomic E-state index is 13.0. The number of fused-ring (bicyclic) bond motifs is 4. The van der Waals surface area contributed by atoms with Crippen molar-refractivity contribution in [3.05, 3.63) is 33.9 Å². The molecule has 3 aromatic heterocycles. The number of thiophene rings is 1. The Bertz CT molecular complexity index is 1340. The van der Waals surface area contributed by atoms with Crippen LogP contribution in [0, 0.1) is 5.92 Å². The van der Waals surface area contributed by atoms with Gasteiger partial charge in [-0.05, 0) is 62.6 Å². The molecule has 1 aliphatic rings. The third-order valence-electron chi connectivity index (χ3n) is 6.04. The molecule has 1 aliphatic carbocycles. The second-order valence-corrected chi connectivity index (χ2v) is 10.9. The van der Waals surface area contributed by atoms with Gasteiger partial charge in [0.1, 0.15) is 22.5 Å². The highest BCUT2D eigenvalue weighted by Crippen LogP contribution is 2.41. The summed E-state index contributed by atoms with van der Waals surface area (Å²) in [4.78, 5) is 28.2. The van der Waals surface area contributed by atoms with Gasteiger partial charge in [-0.15, -0.1) is 16.4 Å². The fourth-order valence-electron chi connectivity index (χ4n) is 4.21. The van der Waals surface area contributed by atoms with Crippen LogP contribution in [-0.2, 0) is 17.6 Å².